The molecule has 1 N–H and O–H groups in total. The van der Waals surface area contributed by atoms with Gasteiger partial charge in [-0.15, -0.1) is 13.2 Å². The number of aliphatic hydroxyl groups is 1. The van der Waals surface area contributed by atoms with Gasteiger partial charge in [-0.2, -0.15) is 0 Å². The molecule has 8 heteroatoms. The number of hydrogen-bond donors (Lipinski definition) is 1. The first kappa shape index (κ1) is 27.1. The number of amides is 2. The molecule has 0 aliphatic carbocycles. The molecule has 3 aliphatic heterocycles. The smallest absolute Gasteiger partial charge is 0.312 e. The zero-order chi connectivity index (χ0) is 27.9. The quantitative estimate of drug-likeness (QED) is 0.286. The fourth-order valence-electron chi connectivity index (χ4n) is 7.00. The topological polar surface area (TPSA) is 96.4 Å². The zero-order valence-electron chi connectivity index (χ0n) is 22.5. The van der Waals surface area contributed by atoms with Crippen molar-refractivity contribution in [3.63, 3.8) is 0 Å². The van der Waals surface area contributed by atoms with Gasteiger partial charge < -0.3 is 24.4 Å². The van der Waals surface area contributed by atoms with Crippen molar-refractivity contribution in [3.8, 4) is 0 Å². The molecular formula is C31H36N2O6. The lowest BCUT2D eigenvalue weighted by Gasteiger charge is -2.37. The molecule has 5 rings (SSSR count). The Balaban J connectivity index is 1.57. The third-order valence-corrected chi connectivity index (χ3v) is 8.83. The number of rotatable bonds is 10. The lowest BCUT2D eigenvalue weighted by atomic mass is 9.62. The van der Waals surface area contributed by atoms with Crippen molar-refractivity contribution in [2.24, 2.45) is 17.8 Å². The van der Waals surface area contributed by atoms with Crippen LogP contribution in [0.4, 0.5) is 5.69 Å². The highest BCUT2D eigenvalue weighted by molar-refractivity contribution is 6.05. The molecule has 3 unspecified atom stereocenters. The molecule has 2 amide bonds. The van der Waals surface area contributed by atoms with Crippen LogP contribution in [0, 0.1) is 17.8 Å². The van der Waals surface area contributed by atoms with Gasteiger partial charge in [-0.1, -0.05) is 49.4 Å². The van der Waals surface area contributed by atoms with E-state index in [-0.39, 0.29) is 44.0 Å². The van der Waals surface area contributed by atoms with E-state index in [0.717, 1.165) is 10.8 Å². The summed E-state index contributed by atoms with van der Waals surface area (Å²) in [6.45, 7) is 11.4. The number of hydrogen-bond acceptors (Lipinski definition) is 6. The predicted molar refractivity (Wildman–Crippen MR) is 148 cm³/mol. The highest BCUT2D eigenvalue weighted by Crippen LogP contribution is 2.65. The van der Waals surface area contributed by atoms with Crippen molar-refractivity contribution in [1.82, 2.24) is 4.90 Å². The summed E-state index contributed by atoms with van der Waals surface area (Å²) >= 11 is 0. The van der Waals surface area contributed by atoms with Crippen molar-refractivity contribution in [1.29, 1.82) is 0 Å². The van der Waals surface area contributed by atoms with E-state index in [2.05, 4.69) is 13.2 Å². The second-order valence-electron chi connectivity index (χ2n) is 11.0. The number of ether oxygens (including phenoxy) is 2. The summed E-state index contributed by atoms with van der Waals surface area (Å²) in [5.41, 5.74) is -1.50. The van der Waals surface area contributed by atoms with Crippen LogP contribution in [-0.4, -0.2) is 71.3 Å². The van der Waals surface area contributed by atoms with Gasteiger partial charge in [0.25, 0.3) is 5.91 Å². The Morgan fingerprint density at radius 2 is 1.95 bits per heavy atom. The van der Waals surface area contributed by atoms with Crippen LogP contribution in [0.3, 0.4) is 0 Å². The Morgan fingerprint density at radius 1 is 1.21 bits per heavy atom. The Bertz CT molecular complexity index is 1330. The molecule has 0 saturated carbocycles. The van der Waals surface area contributed by atoms with E-state index in [1.54, 1.807) is 17.1 Å². The SMILES string of the molecule is C=CCCOC(=O)[C@H]1[C@H]2C(=O)N(CCO)C(C(=O)N(CC=C)c3ccc4ccccc4c3)C23CC(C)[C@]1(C)O3. The number of carbonyl (C=O) groups is 3. The average Bonchev–Trinajstić information content (AvgIpc) is 3.43. The van der Waals surface area contributed by atoms with E-state index in [4.69, 9.17) is 9.47 Å². The van der Waals surface area contributed by atoms with Gasteiger partial charge in [-0.3, -0.25) is 14.4 Å². The normalized spacial score (nSPS) is 30.8. The molecule has 3 heterocycles. The molecular weight excluding hydrogens is 496 g/mol. The molecule has 2 aromatic rings. The summed E-state index contributed by atoms with van der Waals surface area (Å²) < 4.78 is 12.3. The maximum absolute atomic E-state index is 14.5. The number of benzene rings is 2. The van der Waals surface area contributed by atoms with Crippen molar-refractivity contribution >= 4 is 34.2 Å². The summed E-state index contributed by atoms with van der Waals surface area (Å²) in [7, 11) is 0. The van der Waals surface area contributed by atoms with E-state index >= 15 is 0 Å². The first-order valence-corrected chi connectivity index (χ1v) is 13.5. The van der Waals surface area contributed by atoms with Gasteiger partial charge in [0.2, 0.25) is 5.91 Å². The average molecular weight is 533 g/mol. The van der Waals surface area contributed by atoms with E-state index in [0.29, 0.717) is 18.5 Å². The van der Waals surface area contributed by atoms with Gasteiger partial charge >= 0.3 is 5.97 Å². The van der Waals surface area contributed by atoms with Gasteiger partial charge in [-0.25, -0.2) is 0 Å². The molecule has 1 spiro atoms. The first-order chi connectivity index (χ1) is 18.7. The van der Waals surface area contributed by atoms with Crippen molar-refractivity contribution in [2.75, 3.05) is 31.2 Å². The number of carbonyl (C=O) groups excluding carboxylic acids is 3. The van der Waals surface area contributed by atoms with Gasteiger partial charge in [0.1, 0.15) is 17.6 Å². The number of anilines is 1. The minimum absolute atomic E-state index is 0.0418. The fourth-order valence-corrected chi connectivity index (χ4v) is 7.00. The highest BCUT2D eigenvalue weighted by Gasteiger charge is 2.80. The Labute approximate surface area is 228 Å². The third-order valence-electron chi connectivity index (χ3n) is 8.83. The highest BCUT2D eigenvalue weighted by atomic mass is 16.6. The van der Waals surface area contributed by atoms with Gasteiger partial charge in [0.05, 0.1) is 24.7 Å². The maximum Gasteiger partial charge on any atom is 0.312 e. The molecule has 3 fully saturated rings. The fraction of sp³-hybridized carbons (Fsp3) is 0.452. The number of β-amino-alcohol motifs (C(OH)–C–C–N with tert-alkyl or cyclic N) is 1. The predicted octanol–water partition coefficient (Wildman–Crippen LogP) is 3.48. The van der Waals surface area contributed by atoms with Crippen LogP contribution in [0.15, 0.2) is 67.8 Å². The number of aliphatic hydroxyl groups excluding tert-OH is 1. The molecule has 3 aliphatic rings. The van der Waals surface area contributed by atoms with E-state index in [1.165, 1.54) is 4.90 Å². The van der Waals surface area contributed by atoms with Crippen molar-refractivity contribution in [2.45, 2.75) is 43.9 Å². The number of nitrogens with zero attached hydrogens (tertiary/aromatic N) is 2. The van der Waals surface area contributed by atoms with Crippen LogP contribution in [-0.2, 0) is 23.9 Å². The van der Waals surface area contributed by atoms with Crippen molar-refractivity contribution < 1.29 is 29.0 Å². The second kappa shape index (κ2) is 10.2. The maximum atomic E-state index is 14.5. The van der Waals surface area contributed by atoms with E-state index in [9.17, 15) is 19.5 Å². The number of esters is 1. The number of likely N-dealkylation sites (tertiary alicyclic amines) is 1. The molecule has 6 atom stereocenters. The first-order valence-electron chi connectivity index (χ1n) is 13.5. The van der Waals surface area contributed by atoms with E-state index < -0.39 is 35.0 Å². The molecule has 39 heavy (non-hydrogen) atoms. The molecule has 0 aromatic heterocycles. The van der Waals surface area contributed by atoms with Crippen molar-refractivity contribution in [3.05, 3.63) is 67.8 Å². The van der Waals surface area contributed by atoms with Crippen LogP contribution in [0.25, 0.3) is 10.8 Å². The van der Waals surface area contributed by atoms with Crippen LogP contribution >= 0.6 is 0 Å². The monoisotopic (exact) mass is 532 g/mol. The Morgan fingerprint density at radius 3 is 2.64 bits per heavy atom. The summed E-state index contributed by atoms with van der Waals surface area (Å²) in [5, 5.41) is 11.9. The molecule has 8 nitrogen and oxygen atoms in total. The molecule has 2 aromatic carbocycles. The summed E-state index contributed by atoms with van der Waals surface area (Å²) in [5.74, 6) is -3.02. The van der Waals surface area contributed by atoms with Crippen LogP contribution in [0.5, 0.6) is 0 Å². The zero-order valence-corrected chi connectivity index (χ0v) is 22.5. The Kier molecular flexibility index (Phi) is 7.11. The lowest BCUT2D eigenvalue weighted by molar-refractivity contribution is -0.161. The second-order valence-corrected chi connectivity index (χ2v) is 11.0. The minimum atomic E-state index is -1.21. The van der Waals surface area contributed by atoms with Crippen LogP contribution in [0.2, 0.25) is 0 Å². The minimum Gasteiger partial charge on any atom is -0.465 e. The van der Waals surface area contributed by atoms with Gasteiger partial charge in [0.15, 0.2) is 0 Å². The molecule has 3 saturated heterocycles. The Hall–Kier alpha value is -3.49. The van der Waals surface area contributed by atoms with Gasteiger partial charge in [0, 0.05) is 18.8 Å². The van der Waals surface area contributed by atoms with Crippen LogP contribution < -0.4 is 4.90 Å². The molecule has 206 valence electrons. The standard InChI is InChI=1S/C31H36N2O6/c1-5-7-17-38-29(37)25-24-27(35)33(15-16-34)26(31(24)19-20(3)30(25,4)39-31)28(36)32(14-6-2)23-13-12-21-10-8-9-11-22(21)18-23/h5-6,8-13,18,20,24-26,34H,1-2,7,14-17,19H2,3-4H3/t20?,24-,25+,26?,30-,31?/m0/s1. The molecule has 0 radical (unpaired) electrons. The summed E-state index contributed by atoms with van der Waals surface area (Å²) in [6.07, 6.45) is 4.24. The van der Waals surface area contributed by atoms with E-state index in [1.807, 2.05) is 56.3 Å². The summed E-state index contributed by atoms with van der Waals surface area (Å²) in [6, 6.07) is 12.6. The number of fused-ring (bicyclic) bond motifs is 2. The lowest BCUT2D eigenvalue weighted by Crippen LogP contribution is -2.57. The third kappa shape index (κ3) is 4.08. The summed E-state index contributed by atoms with van der Waals surface area (Å²) in [4.78, 5) is 44.9. The van der Waals surface area contributed by atoms with Crippen LogP contribution in [0.1, 0.15) is 26.7 Å². The largest absolute Gasteiger partial charge is 0.465 e. The van der Waals surface area contributed by atoms with Gasteiger partial charge in [-0.05, 0) is 48.6 Å². The molecule has 2 bridgehead atoms.